The summed E-state index contributed by atoms with van der Waals surface area (Å²) in [6.45, 7) is 4.39. The Bertz CT molecular complexity index is 270. The molecule has 2 atom stereocenters. The summed E-state index contributed by atoms with van der Waals surface area (Å²) < 4.78 is 0. The van der Waals surface area contributed by atoms with E-state index >= 15 is 0 Å². The molecule has 0 aliphatic carbocycles. The summed E-state index contributed by atoms with van der Waals surface area (Å²) in [5.41, 5.74) is 0. The molecule has 1 rings (SSSR count). The predicted octanol–water partition coefficient (Wildman–Crippen LogP) is 0.387. The third-order valence-electron chi connectivity index (χ3n) is 2.33. The fourth-order valence-electron chi connectivity index (χ4n) is 1.52. The van der Waals surface area contributed by atoms with Crippen molar-refractivity contribution in [3.8, 4) is 0 Å². The molecule has 80 valence electrons. The van der Waals surface area contributed by atoms with Crippen LogP contribution < -0.4 is 5.32 Å². The number of nitrogens with one attached hydrogen (secondary N) is 1. The van der Waals surface area contributed by atoms with E-state index in [4.69, 9.17) is 0 Å². The predicted molar refractivity (Wildman–Crippen MR) is 54.8 cm³/mol. The third-order valence-corrected chi connectivity index (χ3v) is 2.33. The lowest BCUT2D eigenvalue weighted by atomic mass is 9.99. The van der Waals surface area contributed by atoms with E-state index < -0.39 is 0 Å². The lowest BCUT2D eigenvalue weighted by molar-refractivity contribution is 0.433. The van der Waals surface area contributed by atoms with Crippen LogP contribution in [-0.4, -0.2) is 33.3 Å². The molecule has 0 aliphatic heterocycles. The molecule has 14 heavy (non-hydrogen) atoms. The van der Waals surface area contributed by atoms with Crippen molar-refractivity contribution >= 4 is 0 Å². The SMILES string of the molecule is CNC(C)CC(C)Cc1nnn(C)n1. The first-order valence-corrected chi connectivity index (χ1v) is 5.02. The molecule has 1 heterocycles. The molecule has 5 nitrogen and oxygen atoms in total. The summed E-state index contributed by atoms with van der Waals surface area (Å²) in [4.78, 5) is 1.50. The van der Waals surface area contributed by atoms with Crippen LogP contribution in [0.1, 0.15) is 26.1 Å². The number of aromatic nitrogens is 4. The first kappa shape index (κ1) is 11.1. The zero-order chi connectivity index (χ0) is 10.6. The van der Waals surface area contributed by atoms with Gasteiger partial charge in [-0.15, -0.1) is 10.2 Å². The minimum atomic E-state index is 0.543. The molecule has 0 saturated heterocycles. The second kappa shape index (κ2) is 5.05. The Hall–Kier alpha value is -0.970. The first-order valence-electron chi connectivity index (χ1n) is 5.02. The maximum Gasteiger partial charge on any atom is 0.175 e. The highest BCUT2D eigenvalue weighted by Gasteiger charge is 2.10. The van der Waals surface area contributed by atoms with E-state index in [0.29, 0.717) is 12.0 Å². The van der Waals surface area contributed by atoms with Gasteiger partial charge in [-0.05, 0) is 31.5 Å². The number of rotatable bonds is 5. The van der Waals surface area contributed by atoms with Gasteiger partial charge in [0.05, 0.1) is 7.05 Å². The van der Waals surface area contributed by atoms with Gasteiger partial charge in [-0.3, -0.25) is 0 Å². The molecule has 0 fully saturated rings. The van der Waals surface area contributed by atoms with Crippen LogP contribution in [0.25, 0.3) is 0 Å². The van der Waals surface area contributed by atoms with Gasteiger partial charge < -0.3 is 5.32 Å². The molecular weight excluding hydrogens is 178 g/mol. The molecule has 0 radical (unpaired) electrons. The number of tetrazole rings is 1. The summed E-state index contributed by atoms with van der Waals surface area (Å²) >= 11 is 0. The average Bonchev–Trinajstić information content (AvgIpc) is 2.50. The van der Waals surface area contributed by atoms with Crippen molar-refractivity contribution in [2.75, 3.05) is 7.05 Å². The van der Waals surface area contributed by atoms with Gasteiger partial charge in [0.1, 0.15) is 0 Å². The lowest BCUT2D eigenvalue weighted by Gasteiger charge is -2.14. The average molecular weight is 197 g/mol. The summed E-state index contributed by atoms with van der Waals surface area (Å²) in [6.07, 6.45) is 2.04. The molecule has 0 spiro atoms. The topological polar surface area (TPSA) is 55.6 Å². The van der Waals surface area contributed by atoms with Crippen molar-refractivity contribution in [2.45, 2.75) is 32.7 Å². The van der Waals surface area contributed by atoms with E-state index in [0.717, 1.165) is 18.7 Å². The lowest BCUT2D eigenvalue weighted by Crippen LogP contribution is -2.24. The van der Waals surface area contributed by atoms with Crippen LogP contribution in [0.3, 0.4) is 0 Å². The van der Waals surface area contributed by atoms with Gasteiger partial charge in [-0.1, -0.05) is 6.92 Å². The van der Waals surface area contributed by atoms with Gasteiger partial charge >= 0.3 is 0 Å². The summed E-state index contributed by atoms with van der Waals surface area (Å²) in [6, 6.07) is 0.543. The van der Waals surface area contributed by atoms with Gasteiger partial charge in [0.25, 0.3) is 0 Å². The minimum absolute atomic E-state index is 0.543. The zero-order valence-corrected chi connectivity index (χ0v) is 9.36. The molecule has 1 aromatic heterocycles. The van der Waals surface area contributed by atoms with Crippen molar-refractivity contribution < 1.29 is 0 Å². The Balaban J connectivity index is 2.37. The van der Waals surface area contributed by atoms with E-state index in [9.17, 15) is 0 Å². The molecule has 0 saturated carbocycles. The Morgan fingerprint density at radius 3 is 2.64 bits per heavy atom. The molecule has 0 aliphatic rings. The molecule has 1 N–H and O–H groups in total. The van der Waals surface area contributed by atoms with Gasteiger partial charge in [-0.2, -0.15) is 4.80 Å². The van der Waals surface area contributed by atoms with E-state index in [1.54, 1.807) is 7.05 Å². The van der Waals surface area contributed by atoms with Crippen LogP contribution in [0, 0.1) is 5.92 Å². The number of nitrogens with zero attached hydrogens (tertiary/aromatic N) is 4. The molecule has 5 heteroatoms. The van der Waals surface area contributed by atoms with Crippen LogP contribution in [0.2, 0.25) is 0 Å². The van der Waals surface area contributed by atoms with Crippen molar-refractivity contribution in [2.24, 2.45) is 13.0 Å². The second-order valence-corrected chi connectivity index (χ2v) is 3.93. The van der Waals surface area contributed by atoms with Gasteiger partial charge in [0.15, 0.2) is 5.82 Å². The fourth-order valence-corrected chi connectivity index (χ4v) is 1.52. The van der Waals surface area contributed by atoms with Gasteiger partial charge in [0, 0.05) is 12.5 Å². The van der Waals surface area contributed by atoms with Crippen LogP contribution in [0.15, 0.2) is 0 Å². The molecule has 1 aromatic rings. The third kappa shape index (κ3) is 3.41. The summed E-state index contributed by atoms with van der Waals surface area (Å²) in [5.74, 6) is 1.42. The molecule has 2 unspecified atom stereocenters. The quantitative estimate of drug-likeness (QED) is 0.741. The van der Waals surface area contributed by atoms with Gasteiger partial charge in [0.2, 0.25) is 0 Å². The summed E-state index contributed by atoms with van der Waals surface area (Å²) in [5, 5.41) is 15.2. The van der Waals surface area contributed by atoms with Gasteiger partial charge in [-0.25, -0.2) is 0 Å². The monoisotopic (exact) mass is 197 g/mol. The Morgan fingerprint density at radius 1 is 1.43 bits per heavy atom. The van der Waals surface area contributed by atoms with E-state index in [1.807, 2.05) is 7.05 Å². The van der Waals surface area contributed by atoms with Crippen LogP contribution in [0.4, 0.5) is 0 Å². The second-order valence-electron chi connectivity index (χ2n) is 3.93. The zero-order valence-electron chi connectivity index (χ0n) is 9.36. The first-order chi connectivity index (χ1) is 6.61. The van der Waals surface area contributed by atoms with Crippen LogP contribution in [0.5, 0.6) is 0 Å². The molecule has 0 bridgehead atoms. The van der Waals surface area contributed by atoms with Crippen molar-refractivity contribution in [1.82, 2.24) is 25.5 Å². The largest absolute Gasteiger partial charge is 0.317 e. The van der Waals surface area contributed by atoms with Crippen molar-refractivity contribution in [3.05, 3.63) is 5.82 Å². The van der Waals surface area contributed by atoms with Crippen LogP contribution in [-0.2, 0) is 13.5 Å². The number of hydrogen-bond acceptors (Lipinski definition) is 4. The Morgan fingerprint density at radius 2 is 2.14 bits per heavy atom. The van der Waals surface area contributed by atoms with Crippen molar-refractivity contribution in [3.63, 3.8) is 0 Å². The highest BCUT2D eigenvalue weighted by Crippen LogP contribution is 2.09. The highest BCUT2D eigenvalue weighted by atomic mass is 15.6. The molecular formula is C9H19N5. The Kier molecular flexibility index (Phi) is 4.00. The normalized spacial score (nSPS) is 15.4. The smallest absolute Gasteiger partial charge is 0.175 e. The highest BCUT2D eigenvalue weighted by molar-refractivity contribution is 4.80. The fraction of sp³-hybridized carbons (Fsp3) is 0.889. The maximum atomic E-state index is 4.16. The molecule has 0 aromatic carbocycles. The maximum absolute atomic E-state index is 4.16. The van der Waals surface area contributed by atoms with E-state index in [1.165, 1.54) is 4.80 Å². The van der Waals surface area contributed by atoms with E-state index in [-0.39, 0.29) is 0 Å². The minimum Gasteiger partial charge on any atom is -0.317 e. The standard InChI is InChI=1S/C9H19N5/c1-7(5-8(2)10-3)6-9-11-13-14(4)12-9/h7-8,10H,5-6H2,1-4H3. The number of aryl methyl sites for hydroxylation is 1. The Labute approximate surface area is 84.9 Å². The van der Waals surface area contributed by atoms with Crippen LogP contribution >= 0.6 is 0 Å². The van der Waals surface area contributed by atoms with E-state index in [2.05, 4.69) is 34.6 Å². The summed E-state index contributed by atoms with van der Waals surface area (Å²) in [7, 11) is 3.77. The molecule has 0 amide bonds. The number of hydrogen-bond donors (Lipinski definition) is 1. The van der Waals surface area contributed by atoms with Crippen molar-refractivity contribution in [1.29, 1.82) is 0 Å².